The maximum absolute atomic E-state index is 5.39. The lowest BCUT2D eigenvalue weighted by atomic mass is 9.96. The topological polar surface area (TPSA) is 24.5 Å². The van der Waals surface area contributed by atoms with Crippen LogP contribution in [0.25, 0.3) is 0 Å². The predicted molar refractivity (Wildman–Crippen MR) is 82.3 cm³/mol. The van der Waals surface area contributed by atoms with Gasteiger partial charge in [-0.2, -0.15) is 0 Å². The predicted octanol–water partition coefficient (Wildman–Crippen LogP) is 2.61. The molecule has 1 aromatic rings. The smallest absolute Gasteiger partial charge is 0.119 e. The second-order valence-electron chi connectivity index (χ2n) is 6.34. The molecule has 1 N–H and O–H groups in total. The summed E-state index contributed by atoms with van der Waals surface area (Å²) in [6.45, 7) is 4.87. The lowest BCUT2D eigenvalue weighted by molar-refractivity contribution is 0.112. The molecule has 1 fully saturated rings. The second kappa shape index (κ2) is 5.74. The van der Waals surface area contributed by atoms with Crippen molar-refractivity contribution in [1.29, 1.82) is 0 Å². The Labute approximate surface area is 122 Å². The first-order valence-electron chi connectivity index (χ1n) is 7.81. The first-order chi connectivity index (χ1) is 9.72. The van der Waals surface area contributed by atoms with Gasteiger partial charge < -0.3 is 10.1 Å². The van der Waals surface area contributed by atoms with Crippen molar-refractivity contribution >= 4 is 0 Å². The summed E-state index contributed by atoms with van der Waals surface area (Å²) in [7, 11) is 3.83. The van der Waals surface area contributed by atoms with E-state index in [2.05, 4.69) is 42.4 Å². The van der Waals surface area contributed by atoms with Crippen molar-refractivity contribution in [2.24, 2.45) is 5.92 Å². The van der Waals surface area contributed by atoms with Crippen molar-refractivity contribution in [3.8, 4) is 5.75 Å². The molecule has 0 aromatic heterocycles. The van der Waals surface area contributed by atoms with Gasteiger partial charge in [-0.3, -0.25) is 4.90 Å². The van der Waals surface area contributed by atoms with Crippen LogP contribution in [-0.2, 0) is 6.42 Å². The Bertz CT molecular complexity index is 474. The van der Waals surface area contributed by atoms with E-state index in [1.807, 2.05) is 0 Å². The lowest BCUT2D eigenvalue weighted by Gasteiger charge is -2.38. The third-order valence-corrected chi connectivity index (χ3v) is 4.97. The summed E-state index contributed by atoms with van der Waals surface area (Å²) >= 11 is 0. The standard InChI is InChI=1S/C17H26N2O/c1-12-5-4-8-19(11-12)16-9-13-6-7-14(20-3)10-15(13)17(16)18-2/h6-7,10,12,16-18H,4-5,8-9,11H2,1-3H3. The van der Waals surface area contributed by atoms with Gasteiger partial charge in [-0.05, 0) is 62.0 Å². The van der Waals surface area contributed by atoms with Crippen LogP contribution in [0.1, 0.15) is 36.9 Å². The molecule has 2 aliphatic rings. The van der Waals surface area contributed by atoms with Gasteiger partial charge in [0.05, 0.1) is 7.11 Å². The van der Waals surface area contributed by atoms with Gasteiger partial charge in [-0.25, -0.2) is 0 Å². The van der Waals surface area contributed by atoms with E-state index >= 15 is 0 Å². The normalized spacial score (nSPS) is 30.2. The van der Waals surface area contributed by atoms with Crippen LogP contribution in [0.3, 0.4) is 0 Å². The fourth-order valence-electron chi connectivity index (χ4n) is 3.94. The van der Waals surface area contributed by atoms with Crippen LogP contribution < -0.4 is 10.1 Å². The summed E-state index contributed by atoms with van der Waals surface area (Å²) in [6, 6.07) is 7.58. The van der Waals surface area contributed by atoms with E-state index in [1.54, 1.807) is 7.11 Å². The number of nitrogens with one attached hydrogen (secondary N) is 1. The van der Waals surface area contributed by atoms with E-state index in [1.165, 1.54) is 37.1 Å². The molecule has 1 aromatic carbocycles. The zero-order valence-corrected chi connectivity index (χ0v) is 12.9. The first kappa shape index (κ1) is 13.9. The first-order valence-corrected chi connectivity index (χ1v) is 7.81. The number of likely N-dealkylation sites (tertiary alicyclic amines) is 1. The Morgan fingerprint density at radius 1 is 1.35 bits per heavy atom. The Hall–Kier alpha value is -1.06. The number of nitrogens with zero attached hydrogens (tertiary/aromatic N) is 1. The number of ether oxygens (including phenoxy) is 1. The maximum atomic E-state index is 5.39. The Morgan fingerprint density at radius 2 is 2.20 bits per heavy atom. The Balaban J connectivity index is 1.84. The van der Waals surface area contributed by atoms with Gasteiger partial charge in [-0.1, -0.05) is 13.0 Å². The molecule has 3 rings (SSSR count). The molecule has 0 bridgehead atoms. The summed E-state index contributed by atoms with van der Waals surface area (Å²) in [6.07, 6.45) is 3.89. The fourth-order valence-corrected chi connectivity index (χ4v) is 3.94. The molecule has 3 unspecified atom stereocenters. The summed E-state index contributed by atoms with van der Waals surface area (Å²) in [5, 5.41) is 3.54. The van der Waals surface area contributed by atoms with E-state index < -0.39 is 0 Å². The Kier molecular flexibility index (Phi) is 3.99. The summed E-state index contributed by atoms with van der Waals surface area (Å²) in [5.74, 6) is 1.80. The summed E-state index contributed by atoms with van der Waals surface area (Å²) < 4.78 is 5.39. The number of fused-ring (bicyclic) bond motifs is 1. The molecular weight excluding hydrogens is 248 g/mol. The van der Waals surface area contributed by atoms with Crippen LogP contribution in [0.15, 0.2) is 18.2 Å². The van der Waals surface area contributed by atoms with E-state index in [4.69, 9.17) is 4.74 Å². The van der Waals surface area contributed by atoms with Crippen LogP contribution in [0.4, 0.5) is 0 Å². The quantitative estimate of drug-likeness (QED) is 0.917. The van der Waals surface area contributed by atoms with Crippen LogP contribution in [0.5, 0.6) is 5.75 Å². The number of benzene rings is 1. The molecule has 0 saturated carbocycles. The molecule has 3 heteroatoms. The average molecular weight is 274 g/mol. The van der Waals surface area contributed by atoms with Crippen molar-refractivity contribution in [2.75, 3.05) is 27.2 Å². The van der Waals surface area contributed by atoms with Crippen molar-refractivity contribution in [3.05, 3.63) is 29.3 Å². The second-order valence-corrected chi connectivity index (χ2v) is 6.34. The van der Waals surface area contributed by atoms with Gasteiger partial charge in [0, 0.05) is 18.6 Å². The molecule has 110 valence electrons. The van der Waals surface area contributed by atoms with Crippen LogP contribution in [0, 0.1) is 5.92 Å². The third-order valence-electron chi connectivity index (χ3n) is 4.97. The number of likely N-dealkylation sites (N-methyl/N-ethyl adjacent to an activating group) is 1. The zero-order valence-electron chi connectivity index (χ0n) is 12.9. The van der Waals surface area contributed by atoms with E-state index in [0.717, 1.165) is 18.1 Å². The lowest BCUT2D eigenvalue weighted by Crippen LogP contribution is -2.46. The monoisotopic (exact) mass is 274 g/mol. The van der Waals surface area contributed by atoms with Gasteiger partial charge in [0.15, 0.2) is 0 Å². The highest BCUT2D eigenvalue weighted by Gasteiger charge is 2.36. The molecule has 0 amide bonds. The fraction of sp³-hybridized carbons (Fsp3) is 0.647. The van der Waals surface area contributed by atoms with Crippen LogP contribution in [-0.4, -0.2) is 38.2 Å². The molecule has 3 atom stereocenters. The highest BCUT2D eigenvalue weighted by Crippen LogP contribution is 2.37. The van der Waals surface area contributed by atoms with Crippen molar-refractivity contribution < 1.29 is 4.74 Å². The number of hydrogen-bond acceptors (Lipinski definition) is 3. The molecule has 1 heterocycles. The van der Waals surface area contributed by atoms with Crippen LogP contribution in [0.2, 0.25) is 0 Å². The van der Waals surface area contributed by atoms with E-state index in [-0.39, 0.29) is 0 Å². The molecule has 1 aliphatic heterocycles. The molecule has 20 heavy (non-hydrogen) atoms. The van der Waals surface area contributed by atoms with Crippen molar-refractivity contribution in [1.82, 2.24) is 10.2 Å². The van der Waals surface area contributed by atoms with E-state index in [0.29, 0.717) is 12.1 Å². The maximum Gasteiger partial charge on any atom is 0.119 e. The number of methoxy groups -OCH3 is 1. The van der Waals surface area contributed by atoms with Gasteiger partial charge in [0.2, 0.25) is 0 Å². The summed E-state index contributed by atoms with van der Waals surface area (Å²) in [5.41, 5.74) is 2.91. The van der Waals surface area contributed by atoms with Crippen LogP contribution >= 0.6 is 0 Å². The third kappa shape index (κ3) is 2.45. The highest BCUT2D eigenvalue weighted by atomic mass is 16.5. The SMILES string of the molecule is CNC1c2cc(OC)ccc2CC1N1CCCC(C)C1. The summed E-state index contributed by atoms with van der Waals surface area (Å²) in [4.78, 5) is 2.70. The van der Waals surface area contributed by atoms with Gasteiger partial charge in [0.1, 0.15) is 5.75 Å². The van der Waals surface area contributed by atoms with Gasteiger partial charge in [-0.15, -0.1) is 0 Å². The number of piperidine rings is 1. The average Bonchev–Trinajstić information content (AvgIpc) is 2.84. The van der Waals surface area contributed by atoms with Gasteiger partial charge in [0.25, 0.3) is 0 Å². The molecule has 3 nitrogen and oxygen atoms in total. The minimum absolute atomic E-state index is 0.436. The van der Waals surface area contributed by atoms with E-state index in [9.17, 15) is 0 Å². The molecule has 0 spiro atoms. The highest BCUT2D eigenvalue weighted by molar-refractivity contribution is 5.42. The molecule has 0 radical (unpaired) electrons. The molecular formula is C17H26N2O. The number of rotatable bonds is 3. The molecule has 1 saturated heterocycles. The Morgan fingerprint density at radius 3 is 2.90 bits per heavy atom. The minimum Gasteiger partial charge on any atom is -0.497 e. The minimum atomic E-state index is 0.436. The zero-order chi connectivity index (χ0) is 14.1. The van der Waals surface area contributed by atoms with Crippen molar-refractivity contribution in [3.63, 3.8) is 0 Å². The largest absolute Gasteiger partial charge is 0.497 e. The van der Waals surface area contributed by atoms with Gasteiger partial charge >= 0.3 is 0 Å². The number of hydrogen-bond donors (Lipinski definition) is 1. The molecule has 1 aliphatic carbocycles. The van der Waals surface area contributed by atoms with Crippen molar-refractivity contribution in [2.45, 2.75) is 38.3 Å².